The van der Waals surface area contributed by atoms with E-state index in [0.717, 1.165) is 6.42 Å². The molecule has 0 atom stereocenters. The van der Waals surface area contributed by atoms with E-state index >= 15 is 0 Å². The molecule has 3 rings (SSSR count). The SMILES string of the molecule is CCCNC(=O)Nc1cccc(OC(=O)CCC(=O)c2ccc3c(c2)OCCO3)c1. The highest BCUT2D eigenvalue weighted by Crippen LogP contribution is 2.31. The summed E-state index contributed by atoms with van der Waals surface area (Å²) >= 11 is 0. The molecular weight excluding hydrogens is 388 g/mol. The molecule has 0 unspecified atom stereocenters. The highest BCUT2D eigenvalue weighted by Gasteiger charge is 2.16. The van der Waals surface area contributed by atoms with Crippen molar-refractivity contribution in [2.75, 3.05) is 25.1 Å². The number of amides is 2. The highest BCUT2D eigenvalue weighted by atomic mass is 16.6. The minimum atomic E-state index is -0.534. The lowest BCUT2D eigenvalue weighted by Gasteiger charge is -2.18. The number of fused-ring (bicyclic) bond motifs is 1. The molecular formula is C22H24N2O6. The van der Waals surface area contributed by atoms with E-state index in [1.807, 2.05) is 6.92 Å². The van der Waals surface area contributed by atoms with Crippen molar-refractivity contribution in [1.29, 1.82) is 0 Å². The number of urea groups is 1. The second-order valence-electron chi connectivity index (χ2n) is 6.66. The van der Waals surface area contributed by atoms with Crippen LogP contribution in [-0.4, -0.2) is 37.5 Å². The number of carbonyl (C=O) groups is 3. The molecule has 0 bridgehead atoms. The molecule has 0 saturated heterocycles. The van der Waals surface area contributed by atoms with Gasteiger partial charge in [-0.1, -0.05) is 13.0 Å². The van der Waals surface area contributed by atoms with Gasteiger partial charge in [0.15, 0.2) is 17.3 Å². The van der Waals surface area contributed by atoms with Crippen molar-refractivity contribution in [3.8, 4) is 17.2 Å². The lowest BCUT2D eigenvalue weighted by Crippen LogP contribution is -2.29. The number of anilines is 1. The topological polar surface area (TPSA) is 103 Å². The van der Waals surface area contributed by atoms with Crippen molar-refractivity contribution < 1.29 is 28.6 Å². The van der Waals surface area contributed by atoms with Gasteiger partial charge in [-0.15, -0.1) is 0 Å². The summed E-state index contributed by atoms with van der Waals surface area (Å²) in [6.45, 7) is 3.44. The molecule has 0 aromatic heterocycles. The fourth-order valence-electron chi connectivity index (χ4n) is 2.81. The van der Waals surface area contributed by atoms with Crippen LogP contribution in [0.25, 0.3) is 0 Å². The minimum Gasteiger partial charge on any atom is -0.486 e. The van der Waals surface area contributed by atoms with Crippen molar-refractivity contribution in [3.63, 3.8) is 0 Å². The molecule has 2 amide bonds. The lowest BCUT2D eigenvalue weighted by atomic mass is 10.1. The smallest absolute Gasteiger partial charge is 0.319 e. The lowest BCUT2D eigenvalue weighted by molar-refractivity contribution is -0.134. The Hall–Kier alpha value is -3.55. The van der Waals surface area contributed by atoms with E-state index < -0.39 is 5.97 Å². The van der Waals surface area contributed by atoms with Gasteiger partial charge in [0.05, 0.1) is 6.42 Å². The van der Waals surface area contributed by atoms with Crippen LogP contribution in [0.15, 0.2) is 42.5 Å². The fraction of sp³-hybridized carbons (Fsp3) is 0.318. The van der Waals surface area contributed by atoms with Gasteiger partial charge in [-0.2, -0.15) is 0 Å². The molecule has 8 nitrogen and oxygen atoms in total. The van der Waals surface area contributed by atoms with E-state index in [1.54, 1.807) is 42.5 Å². The predicted octanol–water partition coefficient (Wildman–Crippen LogP) is 3.56. The summed E-state index contributed by atoms with van der Waals surface area (Å²) in [6.07, 6.45) is 0.772. The average molecular weight is 412 g/mol. The summed E-state index contributed by atoms with van der Waals surface area (Å²) in [5.41, 5.74) is 0.956. The number of Topliss-reactive ketones (excluding diaryl/α,β-unsaturated/α-hetero) is 1. The first-order valence-corrected chi connectivity index (χ1v) is 9.83. The third-order valence-corrected chi connectivity index (χ3v) is 4.28. The Morgan fingerprint density at radius 1 is 1.00 bits per heavy atom. The molecule has 0 spiro atoms. The highest BCUT2D eigenvalue weighted by molar-refractivity contribution is 5.98. The summed E-state index contributed by atoms with van der Waals surface area (Å²) in [4.78, 5) is 36.2. The third-order valence-electron chi connectivity index (χ3n) is 4.28. The van der Waals surface area contributed by atoms with Crippen LogP contribution < -0.4 is 24.8 Å². The van der Waals surface area contributed by atoms with Gasteiger partial charge in [0, 0.05) is 30.3 Å². The molecule has 1 aliphatic heterocycles. The van der Waals surface area contributed by atoms with Crippen LogP contribution in [0.3, 0.4) is 0 Å². The Labute approximate surface area is 174 Å². The number of esters is 1. The molecule has 0 radical (unpaired) electrons. The molecule has 1 heterocycles. The Balaban J connectivity index is 1.50. The summed E-state index contributed by atoms with van der Waals surface area (Å²) < 4.78 is 16.2. The molecule has 2 N–H and O–H groups in total. The van der Waals surface area contributed by atoms with Gasteiger partial charge in [0.25, 0.3) is 0 Å². The number of hydrogen-bond acceptors (Lipinski definition) is 6. The standard InChI is InChI=1S/C22H24N2O6/c1-2-10-23-22(27)24-16-4-3-5-17(14-16)30-21(26)9-7-18(25)15-6-8-19-20(13-15)29-12-11-28-19/h3-6,8,13-14H,2,7,9-12H2,1H3,(H2,23,24,27). The zero-order valence-corrected chi connectivity index (χ0v) is 16.7. The zero-order valence-electron chi connectivity index (χ0n) is 16.7. The number of ketones is 1. The van der Waals surface area contributed by atoms with Crippen molar-refractivity contribution in [3.05, 3.63) is 48.0 Å². The van der Waals surface area contributed by atoms with Gasteiger partial charge in [0.2, 0.25) is 0 Å². The first kappa shape index (κ1) is 21.2. The summed E-state index contributed by atoms with van der Waals surface area (Å²) in [6, 6.07) is 11.1. The van der Waals surface area contributed by atoms with E-state index in [4.69, 9.17) is 14.2 Å². The van der Waals surface area contributed by atoms with Crippen molar-refractivity contribution in [1.82, 2.24) is 5.32 Å². The Bertz CT molecular complexity index is 928. The minimum absolute atomic E-state index is 0.00976. The number of benzene rings is 2. The zero-order chi connectivity index (χ0) is 21.3. The Kier molecular flexibility index (Phi) is 7.26. The Morgan fingerprint density at radius 3 is 2.60 bits per heavy atom. The number of rotatable bonds is 8. The maximum absolute atomic E-state index is 12.4. The molecule has 8 heteroatoms. The molecule has 158 valence electrons. The molecule has 0 aliphatic carbocycles. The van der Waals surface area contributed by atoms with Crippen LogP contribution in [0.4, 0.5) is 10.5 Å². The molecule has 2 aromatic carbocycles. The van der Waals surface area contributed by atoms with E-state index in [0.29, 0.717) is 48.3 Å². The number of carbonyl (C=O) groups excluding carboxylic acids is 3. The Morgan fingerprint density at radius 2 is 1.80 bits per heavy atom. The van der Waals surface area contributed by atoms with E-state index in [1.165, 1.54) is 0 Å². The van der Waals surface area contributed by atoms with Gasteiger partial charge in [-0.05, 0) is 36.8 Å². The van der Waals surface area contributed by atoms with Crippen molar-refractivity contribution in [2.45, 2.75) is 26.2 Å². The van der Waals surface area contributed by atoms with Crippen LogP contribution in [0, 0.1) is 0 Å². The number of ether oxygens (including phenoxy) is 3. The summed E-state index contributed by atoms with van der Waals surface area (Å²) in [5, 5.41) is 5.37. The van der Waals surface area contributed by atoms with E-state index in [-0.39, 0.29) is 24.7 Å². The van der Waals surface area contributed by atoms with Crippen LogP contribution in [-0.2, 0) is 4.79 Å². The van der Waals surface area contributed by atoms with E-state index in [9.17, 15) is 14.4 Å². The van der Waals surface area contributed by atoms with Crippen LogP contribution in [0.2, 0.25) is 0 Å². The maximum Gasteiger partial charge on any atom is 0.319 e. The largest absolute Gasteiger partial charge is 0.486 e. The maximum atomic E-state index is 12.4. The van der Waals surface area contributed by atoms with Crippen LogP contribution in [0.5, 0.6) is 17.2 Å². The number of nitrogens with one attached hydrogen (secondary N) is 2. The average Bonchev–Trinajstić information content (AvgIpc) is 2.76. The molecule has 0 fully saturated rings. The van der Waals surface area contributed by atoms with Gasteiger partial charge >= 0.3 is 12.0 Å². The van der Waals surface area contributed by atoms with Crippen LogP contribution >= 0.6 is 0 Å². The van der Waals surface area contributed by atoms with Crippen LogP contribution in [0.1, 0.15) is 36.5 Å². The van der Waals surface area contributed by atoms with Gasteiger partial charge < -0.3 is 24.8 Å². The van der Waals surface area contributed by atoms with Gasteiger partial charge in [-0.3, -0.25) is 9.59 Å². The summed E-state index contributed by atoms with van der Waals surface area (Å²) in [7, 11) is 0. The first-order valence-electron chi connectivity index (χ1n) is 9.83. The second kappa shape index (κ2) is 10.3. The normalized spacial score (nSPS) is 12.0. The quantitative estimate of drug-likeness (QED) is 0.390. The third kappa shape index (κ3) is 5.97. The predicted molar refractivity (Wildman–Crippen MR) is 110 cm³/mol. The van der Waals surface area contributed by atoms with Crippen molar-refractivity contribution >= 4 is 23.5 Å². The molecule has 1 aliphatic rings. The van der Waals surface area contributed by atoms with Gasteiger partial charge in [0.1, 0.15) is 19.0 Å². The molecule has 2 aromatic rings. The number of hydrogen-bond donors (Lipinski definition) is 2. The first-order chi connectivity index (χ1) is 14.5. The molecule has 30 heavy (non-hydrogen) atoms. The fourth-order valence-corrected chi connectivity index (χ4v) is 2.81. The van der Waals surface area contributed by atoms with Crippen molar-refractivity contribution in [2.24, 2.45) is 0 Å². The molecule has 0 saturated carbocycles. The monoisotopic (exact) mass is 412 g/mol. The summed E-state index contributed by atoms with van der Waals surface area (Å²) in [5.74, 6) is 0.705. The van der Waals surface area contributed by atoms with Gasteiger partial charge in [-0.25, -0.2) is 4.79 Å². The van der Waals surface area contributed by atoms with E-state index in [2.05, 4.69) is 10.6 Å². The second-order valence-corrected chi connectivity index (χ2v) is 6.66.